The molecule has 0 aliphatic carbocycles. The highest BCUT2D eigenvalue weighted by Gasteiger charge is 2.34. The molecule has 2 heterocycles. The Labute approximate surface area is 136 Å². The van der Waals surface area contributed by atoms with Gasteiger partial charge in [0.2, 0.25) is 5.91 Å². The van der Waals surface area contributed by atoms with E-state index in [9.17, 15) is 14.4 Å². The molecule has 1 aliphatic heterocycles. The van der Waals surface area contributed by atoms with Crippen molar-refractivity contribution in [3.05, 3.63) is 22.4 Å². The summed E-state index contributed by atoms with van der Waals surface area (Å²) in [5, 5.41) is 13.2. The van der Waals surface area contributed by atoms with E-state index in [0.717, 1.165) is 6.42 Å². The minimum Gasteiger partial charge on any atom is -0.481 e. The van der Waals surface area contributed by atoms with E-state index in [1.165, 1.54) is 23.1 Å². The topological polar surface area (TPSA) is 86.7 Å². The molecular formula is C14H18N2O4S2. The third-order valence-corrected chi connectivity index (χ3v) is 5.12. The van der Waals surface area contributed by atoms with E-state index >= 15 is 0 Å². The molecule has 1 aromatic heterocycles. The third kappa shape index (κ3) is 4.48. The van der Waals surface area contributed by atoms with Gasteiger partial charge in [0.1, 0.15) is 6.04 Å². The zero-order chi connectivity index (χ0) is 15.9. The first-order valence-electron chi connectivity index (χ1n) is 7.01. The van der Waals surface area contributed by atoms with Gasteiger partial charge in [0, 0.05) is 18.8 Å². The van der Waals surface area contributed by atoms with Gasteiger partial charge in [-0.15, -0.1) is 23.1 Å². The molecule has 0 spiro atoms. The molecule has 1 unspecified atom stereocenters. The maximum absolute atomic E-state index is 12.4. The van der Waals surface area contributed by atoms with E-state index in [1.807, 2.05) is 11.4 Å². The Bertz CT molecular complexity index is 533. The number of hydrogen-bond acceptors (Lipinski definition) is 5. The fraction of sp³-hybridized carbons (Fsp3) is 0.500. The normalized spacial score (nSPS) is 17.5. The maximum Gasteiger partial charge on any atom is 0.313 e. The predicted molar refractivity (Wildman–Crippen MR) is 86.3 cm³/mol. The van der Waals surface area contributed by atoms with E-state index in [-0.39, 0.29) is 17.6 Å². The molecular weight excluding hydrogens is 324 g/mol. The van der Waals surface area contributed by atoms with Crippen molar-refractivity contribution in [2.75, 3.05) is 24.6 Å². The van der Waals surface area contributed by atoms with Gasteiger partial charge in [-0.1, -0.05) is 6.07 Å². The molecule has 0 bridgehead atoms. The highest BCUT2D eigenvalue weighted by atomic mass is 32.2. The summed E-state index contributed by atoms with van der Waals surface area (Å²) >= 11 is 2.63. The van der Waals surface area contributed by atoms with Crippen LogP contribution in [-0.2, 0) is 9.59 Å². The zero-order valence-corrected chi connectivity index (χ0v) is 13.6. The Morgan fingerprint density at radius 2 is 2.27 bits per heavy atom. The summed E-state index contributed by atoms with van der Waals surface area (Å²) in [4.78, 5) is 37.2. The van der Waals surface area contributed by atoms with Crippen molar-refractivity contribution < 1.29 is 19.5 Å². The lowest BCUT2D eigenvalue weighted by Crippen LogP contribution is -2.46. The summed E-state index contributed by atoms with van der Waals surface area (Å²) in [7, 11) is 0. The first-order valence-corrected chi connectivity index (χ1v) is 9.04. The Hall–Kier alpha value is -1.54. The van der Waals surface area contributed by atoms with Gasteiger partial charge >= 0.3 is 5.97 Å². The van der Waals surface area contributed by atoms with Gasteiger partial charge in [0.05, 0.1) is 10.6 Å². The lowest BCUT2D eigenvalue weighted by molar-refractivity contribution is -0.133. The Kier molecular flexibility index (Phi) is 6.26. The smallest absolute Gasteiger partial charge is 0.313 e. The first kappa shape index (κ1) is 16.8. The standard InChI is InChI=1S/C14H18N2O4S2/c17-12(18)9-21-8-5-15-13(19)10-3-1-6-16(10)14(20)11-4-2-7-22-11/h2,4,7,10H,1,3,5-6,8-9H2,(H,15,19)(H,17,18). The largest absolute Gasteiger partial charge is 0.481 e. The van der Waals surface area contributed by atoms with Crippen molar-refractivity contribution in [2.24, 2.45) is 0 Å². The molecule has 0 saturated carbocycles. The lowest BCUT2D eigenvalue weighted by Gasteiger charge is -2.23. The average Bonchev–Trinajstić information content (AvgIpc) is 3.17. The van der Waals surface area contributed by atoms with E-state index in [1.54, 1.807) is 11.0 Å². The van der Waals surface area contributed by atoms with Gasteiger partial charge in [-0.05, 0) is 24.3 Å². The number of aliphatic carboxylic acids is 1. The fourth-order valence-corrected chi connectivity index (χ4v) is 3.59. The molecule has 2 N–H and O–H groups in total. The van der Waals surface area contributed by atoms with E-state index in [4.69, 9.17) is 5.11 Å². The van der Waals surface area contributed by atoms with Crippen LogP contribution in [0.2, 0.25) is 0 Å². The van der Waals surface area contributed by atoms with Crippen molar-refractivity contribution in [2.45, 2.75) is 18.9 Å². The van der Waals surface area contributed by atoms with Crippen molar-refractivity contribution in [3.8, 4) is 0 Å². The number of carbonyl (C=O) groups is 3. The number of rotatable bonds is 7. The third-order valence-electron chi connectivity index (χ3n) is 3.32. The fourth-order valence-electron chi connectivity index (χ4n) is 2.35. The Morgan fingerprint density at radius 3 is 2.95 bits per heavy atom. The second-order valence-corrected chi connectivity index (χ2v) is 6.92. The number of thioether (sulfide) groups is 1. The highest BCUT2D eigenvalue weighted by molar-refractivity contribution is 7.99. The van der Waals surface area contributed by atoms with Gasteiger partial charge in [0.25, 0.3) is 5.91 Å². The molecule has 6 nitrogen and oxygen atoms in total. The van der Waals surface area contributed by atoms with Crippen LogP contribution >= 0.6 is 23.1 Å². The summed E-state index contributed by atoms with van der Waals surface area (Å²) in [6.45, 7) is 1.01. The lowest BCUT2D eigenvalue weighted by atomic mass is 10.2. The number of amides is 2. The first-order chi connectivity index (χ1) is 10.6. The van der Waals surface area contributed by atoms with Gasteiger partial charge in [-0.2, -0.15) is 0 Å². The van der Waals surface area contributed by atoms with Crippen LogP contribution in [0.1, 0.15) is 22.5 Å². The predicted octanol–water partition coefficient (Wildman–Crippen LogP) is 1.29. The summed E-state index contributed by atoms with van der Waals surface area (Å²) < 4.78 is 0. The maximum atomic E-state index is 12.4. The minimum absolute atomic E-state index is 0.0300. The van der Waals surface area contributed by atoms with Crippen molar-refractivity contribution in [3.63, 3.8) is 0 Å². The van der Waals surface area contributed by atoms with Gasteiger partial charge in [-0.25, -0.2) is 0 Å². The molecule has 22 heavy (non-hydrogen) atoms. The molecule has 2 amide bonds. The van der Waals surface area contributed by atoms with Crippen LogP contribution in [0.5, 0.6) is 0 Å². The molecule has 0 radical (unpaired) electrons. The summed E-state index contributed by atoms with van der Waals surface area (Å²) in [6, 6.07) is 3.17. The van der Waals surface area contributed by atoms with E-state index < -0.39 is 12.0 Å². The number of likely N-dealkylation sites (tertiary alicyclic amines) is 1. The van der Waals surface area contributed by atoms with Crippen LogP contribution in [0, 0.1) is 0 Å². The van der Waals surface area contributed by atoms with E-state index in [0.29, 0.717) is 30.1 Å². The SMILES string of the molecule is O=C(O)CSCCNC(=O)C1CCCN1C(=O)c1cccs1. The van der Waals surface area contributed by atoms with Crippen LogP contribution < -0.4 is 5.32 Å². The average molecular weight is 342 g/mol. The number of carboxylic acids is 1. The van der Waals surface area contributed by atoms with Crippen molar-refractivity contribution >= 4 is 40.9 Å². The molecule has 1 saturated heterocycles. The Balaban J connectivity index is 1.81. The van der Waals surface area contributed by atoms with Crippen LogP contribution in [-0.4, -0.2) is 58.4 Å². The van der Waals surface area contributed by atoms with Crippen LogP contribution in [0.4, 0.5) is 0 Å². The molecule has 1 aliphatic rings. The van der Waals surface area contributed by atoms with Gasteiger partial charge < -0.3 is 15.3 Å². The number of nitrogens with zero attached hydrogens (tertiary/aromatic N) is 1. The second kappa shape index (κ2) is 8.19. The van der Waals surface area contributed by atoms with Crippen molar-refractivity contribution in [1.29, 1.82) is 0 Å². The molecule has 120 valence electrons. The second-order valence-electron chi connectivity index (χ2n) is 4.87. The van der Waals surface area contributed by atoms with Gasteiger partial charge in [0.15, 0.2) is 0 Å². The number of nitrogens with one attached hydrogen (secondary N) is 1. The summed E-state index contributed by atoms with van der Waals surface area (Å²) in [6.07, 6.45) is 1.49. The number of hydrogen-bond donors (Lipinski definition) is 2. The summed E-state index contributed by atoms with van der Waals surface area (Å²) in [5.74, 6) is -0.530. The number of carboxylic acid groups (broad SMARTS) is 1. The Morgan fingerprint density at radius 1 is 1.45 bits per heavy atom. The monoisotopic (exact) mass is 342 g/mol. The van der Waals surface area contributed by atoms with Crippen molar-refractivity contribution in [1.82, 2.24) is 10.2 Å². The molecule has 0 aromatic carbocycles. The van der Waals surface area contributed by atoms with Gasteiger partial charge in [-0.3, -0.25) is 14.4 Å². The number of thiophene rings is 1. The quantitative estimate of drug-likeness (QED) is 0.729. The molecule has 8 heteroatoms. The van der Waals surface area contributed by atoms with Crippen LogP contribution in [0.3, 0.4) is 0 Å². The zero-order valence-electron chi connectivity index (χ0n) is 12.0. The van der Waals surface area contributed by atoms with E-state index in [2.05, 4.69) is 5.32 Å². The van der Waals surface area contributed by atoms with Crippen LogP contribution in [0.25, 0.3) is 0 Å². The molecule has 1 fully saturated rings. The minimum atomic E-state index is -0.861. The molecule has 1 atom stereocenters. The summed E-state index contributed by atoms with van der Waals surface area (Å²) in [5.41, 5.74) is 0. The van der Waals surface area contributed by atoms with Crippen LogP contribution in [0.15, 0.2) is 17.5 Å². The highest BCUT2D eigenvalue weighted by Crippen LogP contribution is 2.22. The number of carbonyl (C=O) groups excluding carboxylic acids is 2. The molecule has 2 rings (SSSR count). The molecule has 1 aromatic rings.